The zero-order valence-electron chi connectivity index (χ0n) is 14.4. The summed E-state index contributed by atoms with van der Waals surface area (Å²) >= 11 is 6.15. The van der Waals surface area contributed by atoms with Crippen LogP contribution in [0.4, 0.5) is 0 Å². The molecule has 140 valence electrons. The van der Waals surface area contributed by atoms with Crippen LogP contribution in [0.3, 0.4) is 0 Å². The summed E-state index contributed by atoms with van der Waals surface area (Å²) in [7, 11) is 0. The van der Waals surface area contributed by atoms with Crippen LogP contribution in [-0.2, 0) is 11.2 Å². The molecule has 0 aliphatic carbocycles. The number of hydrogen-bond donors (Lipinski definition) is 3. The number of aromatic nitrogens is 5. The van der Waals surface area contributed by atoms with E-state index in [1.807, 2.05) is 6.07 Å². The molecule has 2 aromatic heterocycles. The number of tetrazole rings is 1. The molecule has 0 bridgehead atoms. The Morgan fingerprint density at radius 3 is 2.93 bits per heavy atom. The third-order valence-electron chi connectivity index (χ3n) is 4.76. The average Bonchev–Trinajstić information content (AvgIpc) is 3.30. The molecular formula is C18H18ClN5O3. The molecule has 3 heterocycles. The maximum atomic E-state index is 12.2. The number of aliphatic hydroxyl groups is 1. The number of halogens is 1. The number of H-pyrrole nitrogens is 2. The summed E-state index contributed by atoms with van der Waals surface area (Å²) in [4.78, 5) is 15.6. The maximum absolute atomic E-state index is 12.2. The smallest absolute Gasteiger partial charge is 0.244 e. The fourth-order valence-electron chi connectivity index (χ4n) is 3.43. The van der Waals surface area contributed by atoms with Gasteiger partial charge in [0.05, 0.1) is 0 Å². The van der Waals surface area contributed by atoms with Gasteiger partial charge in [-0.15, -0.1) is 10.2 Å². The van der Waals surface area contributed by atoms with E-state index in [2.05, 4.69) is 25.6 Å². The molecular weight excluding hydrogens is 370 g/mol. The van der Waals surface area contributed by atoms with Crippen molar-refractivity contribution in [2.75, 3.05) is 13.2 Å². The third kappa shape index (κ3) is 3.72. The molecule has 27 heavy (non-hydrogen) atoms. The van der Waals surface area contributed by atoms with Crippen LogP contribution in [0.1, 0.15) is 34.7 Å². The molecule has 1 aliphatic heterocycles. The summed E-state index contributed by atoms with van der Waals surface area (Å²) in [6, 6.07) is 5.43. The molecule has 0 spiro atoms. The molecule has 0 unspecified atom stereocenters. The van der Waals surface area contributed by atoms with E-state index < -0.39 is 5.78 Å². The first-order chi connectivity index (χ1) is 13.1. The molecule has 3 aromatic rings. The summed E-state index contributed by atoms with van der Waals surface area (Å²) in [5.74, 6) is -0.345. The molecule has 9 heteroatoms. The first-order valence-electron chi connectivity index (χ1n) is 8.68. The van der Waals surface area contributed by atoms with Gasteiger partial charge in [-0.3, -0.25) is 4.79 Å². The Labute approximate surface area is 159 Å². The normalized spacial score (nSPS) is 16.1. The van der Waals surface area contributed by atoms with Crippen molar-refractivity contribution < 1.29 is 14.6 Å². The monoisotopic (exact) mass is 387 g/mol. The van der Waals surface area contributed by atoms with Crippen LogP contribution in [-0.4, -0.2) is 49.7 Å². The lowest BCUT2D eigenvalue weighted by Gasteiger charge is -2.21. The van der Waals surface area contributed by atoms with Gasteiger partial charge in [-0.05, 0) is 48.6 Å². The van der Waals surface area contributed by atoms with Gasteiger partial charge in [0, 0.05) is 46.5 Å². The van der Waals surface area contributed by atoms with Crippen LogP contribution < -0.4 is 0 Å². The van der Waals surface area contributed by atoms with E-state index in [0.717, 1.165) is 55.1 Å². The number of fused-ring (bicyclic) bond motifs is 1. The number of nitrogens with one attached hydrogen (secondary N) is 2. The van der Waals surface area contributed by atoms with Gasteiger partial charge < -0.3 is 14.8 Å². The minimum Gasteiger partial charge on any atom is -0.507 e. The Hall–Kier alpha value is -2.71. The largest absolute Gasteiger partial charge is 0.507 e. The molecule has 8 nitrogen and oxygen atoms in total. The molecule has 1 saturated heterocycles. The highest BCUT2D eigenvalue weighted by Gasteiger charge is 2.22. The Bertz CT molecular complexity index is 990. The number of ketones is 1. The number of aliphatic hydroxyl groups excluding tert-OH is 1. The maximum Gasteiger partial charge on any atom is 0.244 e. The minimum absolute atomic E-state index is 0.106. The topological polar surface area (TPSA) is 117 Å². The number of aromatic amines is 2. The predicted octanol–water partition coefficient (Wildman–Crippen LogP) is 3.09. The van der Waals surface area contributed by atoms with Crippen LogP contribution in [0.5, 0.6) is 0 Å². The van der Waals surface area contributed by atoms with E-state index in [9.17, 15) is 9.90 Å². The van der Waals surface area contributed by atoms with Crippen molar-refractivity contribution in [1.82, 2.24) is 25.6 Å². The number of carbonyl (C=O) groups is 1. The molecule has 0 saturated carbocycles. The minimum atomic E-state index is -0.533. The third-order valence-corrected chi connectivity index (χ3v) is 5.00. The Kier molecular flexibility index (Phi) is 4.91. The summed E-state index contributed by atoms with van der Waals surface area (Å²) in [6.45, 7) is 1.48. The molecule has 0 atom stereocenters. The number of benzene rings is 1. The van der Waals surface area contributed by atoms with E-state index >= 15 is 0 Å². The standard InChI is InChI=1S/C18H18ClN5O3/c19-11-1-2-13-12(8-11)17(14(20-13)7-10-3-5-27-6-4-10)15(25)9-16(26)18-21-23-24-22-18/h1-2,8-10,20,25H,3-7H2,(H,21,22,23,24)/b15-9-. The van der Waals surface area contributed by atoms with Gasteiger partial charge in [0.1, 0.15) is 5.76 Å². The second-order valence-corrected chi connectivity index (χ2v) is 6.99. The summed E-state index contributed by atoms with van der Waals surface area (Å²) in [5, 5.41) is 24.9. The first-order valence-corrected chi connectivity index (χ1v) is 9.06. The zero-order chi connectivity index (χ0) is 18.8. The Morgan fingerprint density at radius 1 is 1.37 bits per heavy atom. The van der Waals surface area contributed by atoms with E-state index in [-0.39, 0.29) is 11.6 Å². The van der Waals surface area contributed by atoms with Gasteiger partial charge in [0.25, 0.3) is 0 Å². The fraction of sp³-hybridized carbons (Fsp3) is 0.333. The average molecular weight is 388 g/mol. The van der Waals surface area contributed by atoms with Gasteiger partial charge in [-0.1, -0.05) is 11.6 Å². The lowest BCUT2D eigenvalue weighted by molar-refractivity contribution is 0.0663. The van der Waals surface area contributed by atoms with Crippen molar-refractivity contribution >= 4 is 34.0 Å². The molecule has 1 aromatic carbocycles. The Morgan fingerprint density at radius 2 is 2.19 bits per heavy atom. The number of carbonyl (C=O) groups excluding carboxylic acids is 1. The number of allylic oxidation sites excluding steroid dienone is 1. The lowest BCUT2D eigenvalue weighted by atomic mass is 9.92. The van der Waals surface area contributed by atoms with Crippen LogP contribution in [0.2, 0.25) is 5.02 Å². The number of rotatable bonds is 5. The van der Waals surface area contributed by atoms with E-state index in [1.165, 1.54) is 0 Å². The highest BCUT2D eigenvalue weighted by molar-refractivity contribution is 6.31. The van der Waals surface area contributed by atoms with Crippen LogP contribution in [0.15, 0.2) is 24.3 Å². The quantitative estimate of drug-likeness (QED) is 0.352. The number of hydrogen-bond acceptors (Lipinski definition) is 6. The van der Waals surface area contributed by atoms with Gasteiger partial charge in [-0.25, -0.2) is 0 Å². The second kappa shape index (κ2) is 7.50. The zero-order valence-corrected chi connectivity index (χ0v) is 15.2. The van der Waals surface area contributed by atoms with E-state index in [1.54, 1.807) is 12.1 Å². The summed E-state index contributed by atoms with van der Waals surface area (Å²) < 4.78 is 5.43. The van der Waals surface area contributed by atoms with Crippen molar-refractivity contribution in [2.45, 2.75) is 19.3 Å². The molecule has 0 amide bonds. The van der Waals surface area contributed by atoms with E-state index in [0.29, 0.717) is 16.5 Å². The van der Waals surface area contributed by atoms with Crippen molar-refractivity contribution in [3.8, 4) is 0 Å². The number of nitrogens with zero attached hydrogens (tertiary/aromatic N) is 3. The summed E-state index contributed by atoms with van der Waals surface area (Å²) in [5.41, 5.74) is 2.30. The molecule has 3 N–H and O–H groups in total. The fourth-order valence-corrected chi connectivity index (χ4v) is 3.60. The van der Waals surface area contributed by atoms with Gasteiger partial charge in [-0.2, -0.15) is 5.21 Å². The highest BCUT2D eigenvalue weighted by Crippen LogP contribution is 2.33. The summed E-state index contributed by atoms with van der Waals surface area (Å²) in [6.07, 6.45) is 3.78. The molecule has 0 radical (unpaired) electrons. The molecule has 4 rings (SSSR count). The van der Waals surface area contributed by atoms with Gasteiger partial charge in [0.2, 0.25) is 11.6 Å². The SMILES string of the molecule is O=C(/C=C(\O)c1c(CC2CCOCC2)[nH]c2ccc(Cl)cc12)c1nn[nH]n1. The van der Waals surface area contributed by atoms with Crippen molar-refractivity contribution in [3.05, 3.63) is 46.4 Å². The lowest BCUT2D eigenvalue weighted by Crippen LogP contribution is -2.18. The van der Waals surface area contributed by atoms with Crippen LogP contribution in [0, 0.1) is 5.92 Å². The van der Waals surface area contributed by atoms with Crippen LogP contribution in [0.25, 0.3) is 16.7 Å². The van der Waals surface area contributed by atoms with Crippen molar-refractivity contribution in [1.29, 1.82) is 0 Å². The Balaban J connectivity index is 1.75. The van der Waals surface area contributed by atoms with Crippen molar-refractivity contribution in [2.24, 2.45) is 5.92 Å². The molecule has 1 fully saturated rings. The van der Waals surface area contributed by atoms with E-state index in [4.69, 9.17) is 16.3 Å². The second-order valence-electron chi connectivity index (χ2n) is 6.56. The molecule has 1 aliphatic rings. The predicted molar refractivity (Wildman–Crippen MR) is 99.7 cm³/mol. The first kappa shape index (κ1) is 17.7. The van der Waals surface area contributed by atoms with Crippen molar-refractivity contribution in [3.63, 3.8) is 0 Å². The van der Waals surface area contributed by atoms with Gasteiger partial charge in [0.15, 0.2) is 0 Å². The van der Waals surface area contributed by atoms with Gasteiger partial charge >= 0.3 is 0 Å². The highest BCUT2D eigenvalue weighted by atomic mass is 35.5. The van der Waals surface area contributed by atoms with Crippen LogP contribution >= 0.6 is 11.6 Å². The number of ether oxygens (including phenoxy) is 1.